The van der Waals surface area contributed by atoms with Crippen LogP contribution in [0, 0.1) is 11.6 Å². The summed E-state index contributed by atoms with van der Waals surface area (Å²) in [5, 5.41) is 1.04. The Morgan fingerprint density at radius 2 is 2.12 bits per heavy atom. The summed E-state index contributed by atoms with van der Waals surface area (Å²) in [4.78, 5) is 5.20. The summed E-state index contributed by atoms with van der Waals surface area (Å²) >= 11 is 1.57. The number of hydrogen-bond donors (Lipinski definition) is 0. The van der Waals surface area contributed by atoms with Gasteiger partial charge in [0.05, 0.1) is 5.01 Å². The van der Waals surface area contributed by atoms with Gasteiger partial charge in [0, 0.05) is 23.6 Å². The molecular formula is C12H11F2NS. The first kappa shape index (κ1) is 11.2. The molecular weight excluding hydrogens is 228 g/mol. The van der Waals surface area contributed by atoms with Crippen LogP contribution in [-0.4, -0.2) is 4.98 Å². The van der Waals surface area contributed by atoms with E-state index < -0.39 is 11.6 Å². The van der Waals surface area contributed by atoms with Gasteiger partial charge in [-0.1, -0.05) is 13.0 Å². The van der Waals surface area contributed by atoms with Crippen LogP contribution in [0.2, 0.25) is 0 Å². The van der Waals surface area contributed by atoms with Gasteiger partial charge in [-0.3, -0.25) is 0 Å². The molecule has 0 amide bonds. The first-order chi connectivity index (χ1) is 7.69. The smallest absolute Gasteiger partial charge is 0.129 e. The minimum Gasteiger partial charge on any atom is -0.249 e. The van der Waals surface area contributed by atoms with Crippen molar-refractivity contribution in [3.05, 3.63) is 51.5 Å². The molecule has 0 fully saturated rings. The molecule has 1 heterocycles. The zero-order chi connectivity index (χ0) is 11.5. The van der Waals surface area contributed by atoms with Crippen LogP contribution >= 0.6 is 11.3 Å². The van der Waals surface area contributed by atoms with Crippen LogP contribution in [0.15, 0.2) is 24.4 Å². The lowest BCUT2D eigenvalue weighted by atomic mass is 10.1. The summed E-state index contributed by atoms with van der Waals surface area (Å²) in [6.45, 7) is 2.03. The zero-order valence-corrected chi connectivity index (χ0v) is 9.65. The molecule has 0 aliphatic heterocycles. The highest BCUT2D eigenvalue weighted by molar-refractivity contribution is 7.11. The molecule has 0 aliphatic rings. The van der Waals surface area contributed by atoms with E-state index in [0.717, 1.165) is 22.4 Å². The summed E-state index contributed by atoms with van der Waals surface area (Å²) in [5.41, 5.74) is 0.507. The fourth-order valence-corrected chi connectivity index (χ4v) is 2.33. The lowest BCUT2D eigenvalue weighted by Gasteiger charge is -2.00. The van der Waals surface area contributed by atoms with Crippen molar-refractivity contribution < 1.29 is 8.78 Å². The number of thiazole rings is 1. The van der Waals surface area contributed by atoms with Gasteiger partial charge in [0.2, 0.25) is 0 Å². The van der Waals surface area contributed by atoms with E-state index in [9.17, 15) is 8.78 Å². The molecule has 0 unspecified atom stereocenters. The molecule has 2 rings (SSSR count). The molecule has 4 heteroatoms. The maximum absolute atomic E-state index is 13.4. The molecule has 84 valence electrons. The molecule has 1 aromatic carbocycles. The first-order valence-corrected chi connectivity index (χ1v) is 5.88. The molecule has 0 saturated heterocycles. The molecule has 2 aromatic rings. The van der Waals surface area contributed by atoms with Gasteiger partial charge in [0.1, 0.15) is 11.6 Å². The normalized spacial score (nSPS) is 10.7. The van der Waals surface area contributed by atoms with Crippen molar-refractivity contribution in [1.29, 1.82) is 0 Å². The highest BCUT2D eigenvalue weighted by Crippen LogP contribution is 2.19. The summed E-state index contributed by atoms with van der Waals surface area (Å²) in [6.07, 6.45) is 3.12. The lowest BCUT2D eigenvalue weighted by Crippen LogP contribution is -1.91. The second-order valence-corrected chi connectivity index (χ2v) is 4.69. The van der Waals surface area contributed by atoms with Crippen LogP contribution in [0.5, 0.6) is 0 Å². The minimum absolute atomic E-state index is 0.476. The predicted molar refractivity (Wildman–Crippen MR) is 60.7 cm³/mol. The number of aromatic nitrogens is 1. The SMILES string of the molecule is CCc1ncc(Cc2ccc(F)cc2F)s1. The van der Waals surface area contributed by atoms with Gasteiger partial charge in [0.15, 0.2) is 0 Å². The van der Waals surface area contributed by atoms with Gasteiger partial charge in [-0.2, -0.15) is 0 Å². The summed E-state index contributed by atoms with van der Waals surface area (Å²) in [5.74, 6) is -1.04. The highest BCUT2D eigenvalue weighted by atomic mass is 32.1. The Hall–Kier alpha value is -1.29. The molecule has 1 nitrogen and oxygen atoms in total. The minimum atomic E-state index is -0.542. The maximum Gasteiger partial charge on any atom is 0.129 e. The number of hydrogen-bond acceptors (Lipinski definition) is 2. The predicted octanol–water partition coefficient (Wildman–Crippen LogP) is 3.57. The average Bonchev–Trinajstić information content (AvgIpc) is 2.70. The van der Waals surface area contributed by atoms with Crippen molar-refractivity contribution >= 4 is 11.3 Å². The van der Waals surface area contributed by atoms with Gasteiger partial charge >= 0.3 is 0 Å². The van der Waals surface area contributed by atoms with Crippen LogP contribution < -0.4 is 0 Å². The van der Waals surface area contributed by atoms with Gasteiger partial charge in [-0.05, 0) is 18.1 Å². The third kappa shape index (κ3) is 2.44. The zero-order valence-electron chi connectivity index (χ0n) is 8.84. The fraction of sp³-hybridized carbons (Fsp3) is 0.250. The third-order valence-electron chi connectivity index (χ3n) is 2.28. The van der Waals surface area contributed by atoms with Crippen LogP contribution in [0.1, 0.15) is 22.4 Å². The van der Waals surface area contributed by atoms with E-state index in [1.165, 1.54) is 12.1 Å². The van der Waals surface area contributed by atoms with Crippen LogP contribution in [0.4, 0.5) is 8.78 Å². The van der Waals surface area contributed by atoms with Crippen molar-refractivity contribution in [2.45, 2.75) is 19.8 Å². The van der Waals surface area contributed by atoms with Crippen molar-refractivity contribution in [2.75, 3.05) is 0 Å². The Bertz CT molecular complexity index is 494. The van der Waals surface area contributed by atoms with E-state index in [0.29, 0.717) is 12.0 Å². The summed E-state index contributed by atoms with van der Waals surface area (Å²) < 4.78 is 26.1. The number of nitrogens with zero attached hydrogens (tertiary/aromatic N) is 1. The van der Waals surface area contributed by atoms with E-state index in [1.807, 2.05) is 6.92 Å². The van der Waals surface area contributed by atoms with E-state index in [4.69, 9.17) is 0 Å². The summed E-state index contributed by atoms with van der Waals surface area (Å²) in [6, 6.07) is 3.67. The van der Waals surface area contributed by atoms with Gasteiger partial charge < -0.3 is 0 Å². The second-order valence-electron chi connectivity index (χ2n) is 3.49. The van der Waals surface area contributed by atoms with Crippen molar-refractivity contribution in [3.8, 4) is 0 Å². The van der Waals surface area contributed by atoms with Crippen molar-refractivity contribution in [1.82, 2.24) is 4.98 Å². The van der Waals surface area contributed by atoms with Gasteiger partial charge in [0.25, 0.3) is 0 Å². The molecule has 0 bridgehead atoms. The number of aryl methyl sites for hydroxylation is 1. The van der Waals surface area contributed by atoms with Crippen LogP contribution in [-0.2, 0) is 12.8 Å². The third-order valence-corrected chi connectivity index (χ3v) is 3.43. The van der Waals surface area contributed by atoms with Gasteiger partial charge in [-0.15, -0.1) is 11.3 Å². The molecule has 16 heavy (non-hydrogen) atoms. The Morgan fingerprint density at radius 3 is 2.75 bits per heavy atom. The average molecular weight is 239 g/mol. The Morgan fingerprint density at radius 1 is 1.31 bits per heavy atom. The quantitative estimate of drug-likeness (QED) is 0.797. The largest absolute Gasteiger partial charge is 0.249 e. The number of halogens is 2. The molecule has 0 atom stereocenters. The Kier molecular flexibility index (Phi) is 3.29. The van der Waals surface area contributed by atoms with Gasteiger partial charge in [-0.25, -0.2) is 13.8 Å². The molecule has 0 radical (unpaired) electrons. The topological polar surface area (TPSA) is 12.9 Å². The number of rotatable bonds is 3. The van der Waals surface area contributed by atoms with Crippen molar-refractivity contribution in [3.63, 3.8) is 0 Å². The molecule has 0 spiro atoms. The monoisotopic (exact) mass is 239 g/mol. The number of benzene rings is 1. The molecule has 0 N–H and O–H groups in total. The van der Waals surface area contributed by atoms with E-state index in [1.54, 1.807) is 17.5 Å². The van der Waals surface area contributed by atoms with E-state index in [-0.39, 0.29) is 0 Å². The standard InChI is InChI=1S/C12H11F2NS/c1-2-12-15-7-10(16-12)5-8-3-4-9(13)6-11(8)14/h3-4,6-7H,2,5H2,1H3. The first-order valence-electron chi connectivity index (χ1n) is 5.06. The van der Waals surface area contributed by atoms with E-state index in [2.05, 4.69) is 4.98 Å². The highest BCUT2D eigenvalue weighted by Gasteiger charge is 2.07. The van der Waals surface area contributed by atoms with E-state index >= 15 is 0 Å². The Balaban J connectivity index is 2.20. The van der Waals surface area contributed by atoms with Crippen LogP contribution in [0.3, 0.4) is 0 Å². The molecule has 0 saturated carbocycles. The molecule has 1 aromatic heterocycles. The second kappa shape index (κ2) is 4.70. The van der Waals surface area contributed by atoms with Crippen molar-refractivity contribution in [2.24, 2.45) is 0 Å². The maximum atomic E-state index is 13.4. The summed E-state index contributed by atoms with van der Waals surface area (Å²) in [7, 11) is 0. The Labute approximate surface area is 96.8 Å². The lowest BCUT2D eigenvalue weighted by molar-refractivity contribution is 0.575. The molecule has 0 aliphatic carbocycles. The van der Waals surface area contributed by atoms with Crippen LogP contribution in [0.25, 0.3) is 0 Å². The fourth-order valence-electron chi connectivity index (χ4n) is 1.45.